The molecule has 5 rings (SSSR count). The van der Waals surface area contributed by atoms with Gasteiger partial charge in [-0.2, -0.15) is 0 Å². The maximum absolute atomic E-state index is 13.5. The number of carbonyl (C=O) groups excluding carboxylic acids is 2. The molecule has 0 saturated heterocycles. The topological polar surface area (TPSA) is 202 Å². The number of sulfonamides is 1. The van der Waals surface area contributed by atoms with E-state index in [0.29, 0.717) is 44.9 Å². The Hall–Kier alpha value is -5.82. The highest BCUT2D eigenvalue weighted by molar-refractivity contribution is 7.89. The van der Waals surface area contributed by atoms with E-state index in [-0.39, 0.29) is 48.6 Å². The highest BCUT2D eigenvalue weighted by Crippen LogP contribution is 2.39. The van der Waals surface area contributed by atoms with Crippen molar-refractivity contribution >= 4 is 49.9 Å². The highest BCUT2D eigenvalue weighted by atomic mass is 32.2. The van der Waals surface area contributed by atoms with Gasteiger partial charge in [-0.1, -0.05) is 63.2 Å². The van der Waals surface area contributed by atoms with E-state index < -0.39 is 33.9 Å². The van der Waals surface area contributed by atoms with Gasteiger partial charge in [-0.3, -0.25) is 9.69 Å². The first kappa shape index (κ1) is 45.3. The van der Waals surface area contributed by atoms with Crippen LogP contribution in [0.15, 0.2) is 102 Å². The summed E-state index contributed by atoms with van der Waals surface area (Å²) in [6.07, 6.45) is 0.360. The van der Waals surface area contributed by atoms with Crippen LogP contribution in [0.3, 0.4) is 0 Å². The maximum Gasteiger partial charge on any atom is 0.323 e. The van der Waals surface area contributed by atoms with E-state index in [1.54, 1.807) is 66.9 Å². The number of hydrogen-bond acceptors (Lipinski definition) is 12. The summed E-state index contributed by atoms with van der Waals surface area (Å²) in [5.74, 6) is 1.13. The zero-order valence-electron chi connectivity index (χ0n) is 34.7. The van der Waals surface area contributed by atoms with Gasteiger partial charge in [-0.15, -0.1) is 0 Å². The molecule has 1 aromatic heterocycles. The summed E-state index contributed by atoms with van der Waals surface area (Å²) in [6, 6.07) is 25.7. The van der Waals surface area contributed by atoms with Crippen LogP contribution >= 0.6 is 0 Å². The van der Waals surface area contributed by atoms with Crippen molar-refractivity contribution in [3.8, 4) is 17.2 Å². The minimum absolute atomic E-state index is 0.00611. The summed E-state index contributed by atoms with van der Waals surface area (Å²) in [6.45, 7) is 5.91. The number of urea groups is 1. The molecule has 0 aliphatic carbocycles. The highest BCUT2D eigenvalue weighted by Gasteiger charge is 2.27. The molecule has 3 amide bonds. The molecule has 2 unspecified atom stereocenters. The molecule has 320 valence electrons. The summed E-state index contributed by atoms with van der Waals surface area (Å²) in [5, 5.41) is 22.6. The molecule has 0 bridgehead atoms. The van der Waals surface area contributed by atoms with Crippen molar-refractivity contribution in [2.24, 2.45) is 0 Å². The largest absolute Gasteiger partial charge is 0.493 e. The second-order valence-corrected chi connectivity index (χ2v) is 16.6. The number of nitrogens with one attached hydrogen (secondary N) is 5. The number of amides is 3. The van der Waals surface area contributed by atoms with Crippen LogP contribution in [0.25, 0.3) is 10.8 Å². The van der Waals surface area contributed by atoms with Crippen molar-refractivity contribution in [1.82, 2.24) is 19.9 Å². The zero-order valence-corrected chi connectivity index (χ0v) is 35.6. The smallest absolute Gasteiger partial charge is 0.323 e. The molecule has 17 heteroatoms. The van der Waals surface area contributed by atoms with Gasteiger partial charge in [0.15, 0.2) is 12.0 Å². The monoisotopic (exact) mass is 843 g/mol. The molecule has 0 aliphatic heterocycles. The van der Waals surface area contributed by atoms with Gasteiger partial charge in [0.05, 0.1) is 44.8 Å². The van der Waals surface area contributed by atoms with Gasteiger partial charge >= 0.3 is 6.03 Å². The normalized spacial score (nSPS) is 12.8. The number of benzene rings is 4. The summed E-state index contributed by atoms with van der Waals surface area (Å²) in [5.41, 5.74) is 1.43. The summed E-state index contributed by atoms with van der Waals surface area (Å²) >= 11 is 0. The molecule has 1 heterocycles. The molecule has 0 spiro atoms. The van der Waals surface area contributed by atoms with Crippen molar-refractivity contribution in [3.63, 3.8) is 0 Å². The molecule has 2 atom stereocenters. The average molecular weight is 844 g/mol. The molecular formula is C43H53N7O9S. The number of pyridine rings is 1. The maximum atomic E-state index is 13.5. The first-order valence-corrected chi connectivity index (χ1v) is 20.6. The molecule has 0 fully saturated rings. The van der Waals surface area contributed by atoms with Gasteiger partial charge in [-0.25, -0.2) is 22.9 Å². The third-order valence-corrected chi connectivity index (χ3v) is 10.7. The van der Waals surface area contributed by atoms with Crippen LogP contribution in [0, 0.1) is 0 Å². The second kappa shape index (κ2) is 20.4. The van der Waals surface area contributed by atoms with Crippen molar-refractivity contribution in [2.75, 3.05) is 70.6 Å². The minimum Gasteiger partial charge on any atom is -0.493 e. The lowest BCUT2D eigenvalue weighted by molar-refractivity contribution is -0.0809. The Morgan fingerprint density at radius 2 is 1.58 bits per heavy atom. The van der Waals surface area contributed by atoms with Crippen molar-refractivity contribution in [1.29, 1.82) is 0 Å². The van der Waals surface area contributed by atoms with Crippen LogP contribution < -0.4 is 35.5 Å². The Morgan fingerprint density at radius 3 is 2.25 bits per heavy atom. The first-order valence-electron chi connectivity index (χ1n) is 19.1. The Morgan fingerprint density at radius 1 is 0.883 bits per heavy atom. The number of likely N-dealkylation sites (N-methyl/N-ethyl adjacent to an activating group) is 1. The molecule has 0 radical (unpaired) electrons. The van der Waals surface area contributed by atoms with Gasteiger partial charge < -0.3 is 45.3 Å². The Kier molecular flexibility index (Phi) is 15.4. The summed E-state index contributed by atoms with van der Waals surface area (Å²) in [4.78, 5) is 32.3. The number of nitrogens with zero attached hydrogens (tertiary/aromatic N) is 2. The molecule has 6 N–H and O–H groups in total. The number of anilines is 3. The van der Waals surface area contributed by atoms with Crippen LogP contribution in [0.1, 0.15) is 36.7 Å². The number of carbonyl (C=O) groups is 2. The van der Waals surface area contributed by atoms with E-state index in [1.807, 2.05) is 70.1 Å². The summed E-state index contributed by atoms with van der Waals surface area (Å²) < 4.78 is 52.1. The average Bonchev–Trinajstić information content (AvgIpc) is 3.23. The van der Waals surface area contributed by atoms with Crippen LogP contribution in [-0.4, -0.2) is 102 Å². The third kappa shape index (κ3) is 11.9. The van der Waals surface area contributed by atoms with E-state index in [4.69, 9.17) is 18.9 Å². The van der Waals surface area contributed by atoms with Crippen molar-refractivity contribution < 1.29 is 42.1 Å². The Bertz CT molecular complexity index is 2360. The molecule has 16 nitrogen and oxygen atoms in total. The number of methoxy groups -OCH3 is 1. The third-order valence-electron chi connectivity index (χ3n) is 9.23. The number of ether oxygens (including phenoxy) is 4. The van der Waals surface area contributed by atoms with Crippen molar-refractivity contribution in [3.05, 3.63) is 108 Å². The van der Waals surface area contributed by atoms with Gasteiger partial charge in [0.25, 0.3) is 5.91 Å². The van der Waals surface area contributed by atoms with Gasteiger partial charge in [0, 0.05) is 28.6 Å². The number of rotatable bonds is 19. The number of aromatic nitrogens is 1. The van der Waals surface area contributed by atoms with E-state index >= 15 is 0 Å². The molecule has 4 aromatic carbocycles. The molecule has 5 aromatic rings. The van der Waals surface area contributed by atoms with Crippen LogP contribution in [0.5, 0.6) is 17.2 Å². The predicted molar refractivity (Wildman–Crippen MR) is 231 cm³/mol. The standard InChI is InChI=1S/C43H53N7O9S/c1-43(2,3)29-23-34(40(56-7)36(24-29)60(54,55)44-4)48-42(53)47-33-17-18-35(32-16-12-11-15-31(32)33)59-30-19-20-45-37(25-30)49-38(57-22-21-51)27-58-39(50(5)6)26-46-41(52)28-13-9-8-10-14-28/h8-20,23-25,38-39,44,51H,21-22,26-27H2,1-7H3,(H,45,49)(H,46,52)(H2,47,48,53). The van der Waals surface area contributed by atoms with Gasteiger partial charge in [0.1, 0.15) is 28.4 Å². The minimum atomic E-state index is -3.94. The Labute approximate surface area is 350 Å². The molecule has 0 saturated carbocycles. The lowest BCUT2D eigenvalue weighted by Gasteiger charge is -2.28. The quantitative estimate of drug-likeness (QED) is 0.0533. The lowest BCUT2D eigenvalue weighted by Crippen LogP contribution is -2.44. The predicted octanol–water partition coefficient (Wildman–Crippen LogP) is 5.97. The van der Waals surface area contributed by atoms with E-state index in [2.05, 4.69) is 31.0 Å². The second-order valence-electron chi connectivity index (χ2n) is 14.8. The number of hydrogen-bond donors (Lipinski definition) is 6. The number of aliphatic hydroxyl groups excluding tert-OH is 1. The van der Waals surface area contributed by atoms with Crippen LogP contribution in [-0.2, 0) is 24.9 Å². The van der Waals surface area contributed by atoms with Gasteiger partial charge in [0.2, 0.25) is 10.0 Å². The van der Waals surface area contributed by atoms with E-state index in [9.17, 15) is 23.1 Å². The number of fused-ring (bicyclic) bond motifs is 1. The van der Waals surface area contributed by atoms with Crippen molar-refractivity contribution in [2.45, 2.75) is 43.5 Å². The fourth-order valence-corrected chi connectivity index (χ4v) is 6.97. The Balaban J connectivity index is 1.30. The fourth-order valence-electron chi connectivity index (χ4n) is 6.03. The van der Waals surface area contributed by atoms with E-state index in [0.717, 1.165) is 0 Å². The fraction of sp³-hybridized carbons (Fsp3) is 0.326. The molecule has 0 aliphatic rings. The van der Waals surface area contributed by atoms with E-state index in [1.165, 1.54) is 14.2 Å². The first-order chi connectivity index (χ1) is 28.6. The van der Waals surface area contributed by atoms with Crippen LogP contribution in [0.4, 0.5) is 22.0 Å². The van der Waals surface area contributed by atoms with Crippen LogP contribution in [0.2, 0.25) is 0 Å². The SMILES string of the molecule is CNS(=O)(=O)c1cc(C(C)(C)C)cc(NC(=O)Nc2ccc(Oc3ccnc(NC(COC(CNC(=O)c4ccccc4)N(C)C)OCCO)c3)c3ccccc23)c1OC. The summed E-state index contributed by atoms with van der Waals surface area (Å²) in [7, 11) is 2.39. The number of aliphatic hydroxyl groups is 1. The lowest BCUT2D eigenvalue weighted by atomic mass is 9.86. The molecule has 60 heavy (non-hydrogen) atoms. The molecular weight excluding hydrogens is 791 g/mol. The van der Waals surface area contributed by atoms with Gasteiger partial charge in [-0.05, 0) is 74.6 Å². The zero-order chi connectivity index (χ0) is 43.5.